The van der Waals surface area contributed by atoms with Crippen molar-refractivity contribution in [3.63, 3.8) is 0 Å². The second-order valence-electron chi connectivity index (χ2n) is 4.03. The third-order valence-corrected chi connectivity index (χ3v) is 2.28. The predicted molar refractivity (Wildman–Crippen MR) is 65.9 cm³/mol. The Balaban J connectivity index is 3.57. The first kappa shape index (κ1) is 13.9. The molecule has 1 heterocycles. The quantitative estimate of drug-likeness (QED) is 0.689. The maximum absolute atomic E-state index is 12.0. The second-order valence-corrected chi connectivity index (χ2v) is 4.03. The first-order valence-electron chi connectivity index (χ1n) is 5.23. The molecule has 0 fully saturated rings. The van der Waals surface area contributed by atoms with E-state index in [0.29, 0.717) is 0 Å². The molecule has 0 spiro atoms. The number of aromatic carboxylic acids is 1. The summed E-state index contributed by atoms with van der Waals surface area (Å²) in [5, 5.41) is 8.99. The van der Waals surface area contributed by atoms with E-state index in [1.807, 2.05) is 0 Å². The van der Waals surface area contributed by atoms with Crippen molar-refractivity contribution < 1.29 is 9.90 Å². The van der Waals surface area contributed by atoms with E-state index in [0.717, 1.165) is 4.57 Å². The molecule has 2 N–H and O–H groups in total. The summed E-state index contributed by atoms with van der Waals surface area (Å²) in [5.74, 6) is -1.33. The number of hydrogen-bond donors (Lipinski definition) is 2. The zero-order valence-electron chi connectivity index (χ0n) is 10.3. The number of H-pyrrole nitrogens is 1. The Morgan fingerprint density at radius 3 is 2.56 bits per heavy atom. The first-order chi connectivity index (χ1) is 8.38. The highest BCUT2D eigenvalue weighted by molar-refractivity contribution is 5.86. The predicted octanol–water partition coefficient (Wildman–Crippen LogP) is -0.518. The fourth-order valence-corrected chi connectivity index (χ4v) is 1.55. The van der Waals surface area contributed by atoms with Gasteiger partial charge in [-0.3, -0.25) is 9.36 Å². The van der Waals surface area contributed by atoms with Crippen LogP contribution in [0.25, 0.3) is 0 Å². The topological polar surface area (TPSA) is 95.4 Å². The van der Waals surface area contributed by atoms with Crippen LogP contribution in [-0.4, -0.2) is 39.6 Å². The number of rotatable bonds is 5. The van der Waals surface area contributed by atoms with E-state index in [9.17, 15) is 14.4 Å². The summed E-state index contributed by atoms with van der Waals surface area (Å²) >= 11 is 0. The maximum atomic E-state index is 12.0. The van der Waals surface area contributed by atoms with Crippen LogP contribution >= 0.6 is 0 Å². The van der Waals surface area contributed by atoms with E-state index in [4.69, 9.17) is 5.11 Å². The minimum atomic E-state index is -1.33. The molecule has 0 saturated heterocycles. The molecule has 1 rings (SSSR count). The van der Waals surface area contributed by atoms with Crippen molar-refractivity contribution >= 4 is 5.97 Å². The van der Waals surface area contributed by atoms with E-state index in [1.165, 1.54) is 6.08 Å². The SMILES string of the molecule is C=CCn1c(=O)[nH]c(C(=O)O)c(CN(C)C)c1=O. The molecule has 7 heteroatoms. The summed E-state index contributed by atoms with van der Waals surface area (Å²) in [6, 6.07) is 0. The summed E-state index contributed by atoms with van der Waals surface area (Å²) in [7, 11) is 3.40. The lowest BCUT2D eigenvalue weighted by molar-refractivity contribution is 0.0687. The maximum Gasteiger partial charge on any atom is 0.352 e. The fourth-order valence-electron chi connectivity index (χ4n) is 1.55. The first-order valence-corrected chi connectivity index (χ1v) is 5.23. The highest BCUT2D eigenvalue weighted by Crippen LogP contribution is 2.01. The van der Waals surface area contributed by atoms with Crippen molar-refractivity contribution in [3.8, 4) is 0 Å². The third kappa shape index (κ3) is 2.75. The van der Waals surface area contributed by atoms with Crippen LogP contribution < -0.4 is 11.2 Å². The van der Waals surface area contributed by atoms with Crippen LogP contribution in [-0.2, 0) is 13.1 Å². The zero-order chi connectivity index (χ0) is 13.9. The number of nitrogens with one attached hydrogen (secondary N) is 1. The highest BCUT2D eigenvalue weighted by atomic mass is 16.4. The van der Waals surface area contributed by atoms with Gasteiger partial charge in [0, 0.05) is 13.1 Å². The van der Waals surface area contributed by atoms with Gasteiger partial charge in [0.25, 0.3) is 5.56 Å². The van der Waals surface area contributed by atoms with E-state index in [2.05, 4.69) is 11.6 Å². The number of carboxylic acids is 1. The Hall–Kier alpha value is -2.15. The molecule has 0 bridgehead atoms. The van der Waals surface area contributed by atoms with Crippen LogP contribution in [0.5, 0.6) is 0 Å². The summed E-state index contributed by atoms with van der Waals surface area (Å²) in [6.07, 6.45) is 1.40. The van der Waals surface area contributed by atoms with Gasteiger partial charge >= 0.3 is 11.7 Å². The minimum absolute atomic E-state index is 0.0362. The third-order valence-electron chi connectivity index (χ3n) is 2.28. The molecule has 0 aliphatic heterocycles. The molecule has 98 valence electrons. The molecule has 0 unspecified atom stereocenters. The molecule has 0 aliphatic carbocycles. The average molecular weight is 253 g/mol. The smallest absolute Gasteiger partial charge is 0.352 e. The highest BCUT2D eigenvalue weighted by Gasteiger charge is 2.18. The van der Waals surface area contributed by atoms with E-state index < -0.39 is 17.2 Å². The summed E-state index contributed by atoms with van der Waals surface area (Å²) in [6.45, 7) is 3.62. The monoisotopic (exact) mass is 253 g/mol. The summed E-state index contributed by atoms with van der Waals surface area (Å²) in [5.41, 5.74) is -1.67. The minimum Gasteiger partial charge on any atom is -0.477 e. The Morgan fingerprint density at radius 2 is 2.11 bits per heavy atom. The van der Waals surface area contributed by atoms with Crippen LogP contribution in [0.1, 0.15) is 16.1 Å². The van der Waals surface area contributed by atoms with E-state index in [-0.39, 0.29) is 24.3 Å². The lowest BCUT2D eigenvalue weighted by Crippen LogP contribution is -2.40. The van der Waals surface area contributed by atoms with Crippen LogP contribution in [0.15, 0.2) is 22.2 Å². The van der Waals surface area contributed by atoms with Gasteiger partial charge in [-0.2, -0.15) is 0 Å². The Morgan fingerprint density at radius 1 is 1.50 bits per heavy atom. The molecule has 0 aliphatic rings. The largest absolute Gasteiger partial charge is 0.477 e. The Kier molecular flexibility index (Phi) is 4.22. The van der Waals surface area contributed by atoms with Gasteiger partial charge in [0.1, 0.15) is 5.69 Å². The van der Waals surface area contributed by atoms with Gasteiger partial charge in [0.05, 0.1) is 5.56 Å². The van der Waals surface area contributed by atoms with E-state index in [1.54, 1.807) is 19.0 Å². The van der Waals surface area contributed by atoms with Crippen LogP contribution in [0.4, 0.5) is 0 Å². The zero-order valence-corrected chi connectivity index (χ0v) is 10.3. The molecule has 1 aromatic heterocycles. The molecule has 0 atom stereocenters. The standard InChI is InChI=1S/C11H15N3O4/c1-4-5-14-9(15)7(6-13(2)3)8(10(16)17)12-11(14)18/h4H,1,5-6H2,2-3H3,(H,12,18)(H,16,17). The fraction of sp³-hybridized carbons (Fsp3) is 0.364. The normalized spacial score (nSPS) is 10.6. The number of allylic oxidation sites excluding steroid dienone is 1. The van der Waals surface area contributed by atoms with E-state index >= 15 is 0 Å². The molecule has 0 radical (unpaired) electrons. The van der Waals surface area contributed by atoms with Crippen molar-refractivity contribution in [1.82, 2.24) is 14.5 Å². The number of carboxylic acid groups (broad SMARTS) is 1. The van der Waals surface area contributed by atoms with Crippen molar-refractivity contribution in [3.05, 3.63) is 44.8 Å². The molecule has 0 saturated carbocycles. The number of hydrogen-bond acceptors (Lipinski definition) is 4. The molecule has 1 aromatic rings. The van der Waals surface area contributed by atoms with Crippen LogP contribution in [0.2, 0.25) is 0 Å². The van der Waals surface area contributed by atoms with Gasteiger partial charge < -0.3 is 15.0 Å². The number of aromatic amines is 1. The summed E-state index contributed by atoms with van der Waals surface area (Å²) < 4.78 is 0.915. The number of carbonyl (C=O) groups is 1. The Bertz CT molecular complexity index is 583. The second kappa shape index (κ2) is 5.46. The molecular weight excluding hydrogens is 238 g/mol. The van der Waals surface area contributed by atoms with Crippen molar-refractivity contribution in [1.29, 1.82) is 0 Å². The molecule has 0 aromatic carbocycles. The van der Waals surface area contributed by atoms with Gasteiger partial charge in [-0.15, -0.1) is 6.58 Å². The molecule has 18 heavy (non-hydrogen) atoms. The molecule has 0 amide bonds. The molecule has 7 nitrogen and oxygen atoms in total. The van der Waals surface area contributed by atoms with Gasteiger partial charge in [-0.25, -0.2) is 9.59 Å². The number of aromatic nitrogens is 2. The average Bonchev–Trinajstić information content (AvgIpc) is 2.27. The lowest BCUT2D eigenvalue weighted by atomic mass is 10.2. The summed E-state index contributed by atoms with van der Waals surface area (Å²) in [4.78, 5) is 38.5. The van der Waals surface area contributed by atoms with Gasteiger partial charge in [-0.05, 0) is 14.1 Å². The van der Waals surface area contributed by atoms with Crippen LogP contribution in [0, 0.1) is 0 Å². The van der Waals surface area contributed by atoms with Gasteiger partial charge in [0.15, 0.2) is 0 Å². The van der Waals surface area contributed by atoms with Crippen molar-refractivity contribution in [2.24, 2.45) is 0 Å². The Labute approximate surface area is 103 Å². The van der Waals surface area contributed by atoms with Crippen molar-refractivity contribution in [2.45, 2.75) is 13.1 Å². The lowest BCUT2D eigenvalue weighted by Gasteiger charge is -2.12. The van der Waals surface area contributed by atoms with Gasteiger partial charge in [0.2, 0.25) is 0 Å². The molecular formula is C11H15N3O4. The number of nitrogens with zero attached hydrogens (tertiary/aromatic N) is 2. The van der Waals surface area contributed by atoms with Gasteiger partial charge in [-0.1, -0.05) is 6.08 Å². The van der Waals surface area contributed by atoms with Crippen molar-refractivity contribution in [2.75, 3.05) is 14.1 Å². The van der Waals surface area contributed by atoms with Crippen LogP contribution in [0.3, 0.4) is 0 Å².